The second-order valence-corrected chi connectivity index (χ2v) is 6.41. The van der Waals surface area contributed by atoms with Gasteiger partial charge in [0.15, 0.2) is 0 Å². The molecule has 2 N–H and O–H groups in total. The number of alkyl halides is 3. The Kier molecular flexibility index (Phi) is 7.14. The number of nitrogens with zero attached hydrogens (tertiary/aromatic N) is 2. The third-order valence-corrected chi connectivity index (χ3v) is 4.58. The maximum Gasteiger partial charge on any atom is 0.490 e. The second-order valence-electron chi connectivity index (χ2n) is 6.41. The van der Waals surface area contributed by atoms with E-state index >= 15 is 0 Å². The summed E-state index contributed by atoms with van der Waals surface area (Å²) < 4.78 is 37.5. The first-order valence-electron chi connectivity index (χ1n) is 8.48. The quantitative estimate of drug-likeness (QED) is 0.813. The fraction of sp³-hybridized carbons (Fsp3) is 0.588. The molecule has 0 unspecified atom stereocenters. The van der Waals surface area contributed by atoms with Crippen molar-refractivity contribution < 1.29 is 32.6 Å². The first-order valence-corrected chi connectivity index (χ1v) is 8.48. The van der Waals surface area contributed by atoms with Gasteiger partial charge in [-0.2, -0.15) is 13.2 Å². The molecule has 27 heavy (non-hydrogen) atoms. The number of ether oxygens (including phenoxy) is 1. The van der Waals surface area contributed by atoms with Gasteiger partial charge in [0.25, 0.3) is 0 Å². The number of rotatable bonds is 3. The molecule has 0 aromatic carbocycles. The molecule has 3 atom stereocenters. The highest BCUT2D eigenvalue weighted by molar-refractivity contribution is 5.78. The number of piperidine rings is 1. The minimum atomic E-state index is -5.08. The van der Waals surface area contributed by atoms with Crippen LogP contribution in [0.5, 0.6) is 0 Å². The van der Waals surface area contributed by atoms with Crippen molar-refractivity contribution in [3.63, 3.8) is 0 Å². The van der Waals surface area contributed by atoms with Crippen LogP contribution in [0.3, 0.4) is 0 Å². The summed E-state index contributed by atoms with van der Waals surface area (Å²) in [6.45, 7) is 2.45. The van der Waals surface area contributed by atoms with Crippen LogP contribution in [-0.4, -0.2) is 65.4 Å². The van der Waals surface area contributed by atoms with Gasteiger partial charge in [0.05, 0.1) is 12.0 Å². The van der Waals surface area contributed by atoms with Gasteiger partial charge < -0.3 is 15.2 Å². The van der Waals surface area contributed by atoms with Crippen LogP contribution in [0.25, 0.3) is 0 Å². The number of pyridine rings is 1. The number of carbonyl (C=O) groups is 2. The molecule has 1 amide bonds. The molecule has 0 saturated carbocycles. The zero-order valence-corrected chi connectivity index (χ0v) is 14.8. The van der Waals surface area contributed by atoms with Crippen LogP contribution < -0.4 is 5.32 Å². The van der Waals surface area contributed by atoms with Crippen molar-refractivity contribution in [3.05, 3.63) is 30.1 Å². The van der Waals surface area contributed by atoms with Crippen LogP contribution in [0, 0.1) is 5.92 Å². The lowest BCUT2D eigenvalue weighted by Crippen LogP contribution is -2.52. The highest BCUT2D eigenvalue weighted by Gasteiger charge is 2.42. The topological polar surface area (TPSA) is 91.8 Å². The molecular formula is C17H22F3N3O4. The van der Waals surface area contributed by atoms with E-state index in [-0.39, 0.29) is 17.9 Å². The zero-order valence-electron chi connectivity index (χ0n) is 14.8. The lowest BCUT2D eigenvalue weighted by Gasteiger charge is -2.40. The number of likely N-dealkylation sites (tertiary alicyclic amines) is 1. The normalized spacial score (nSPS) is 25.1. The Hall–Kier alpha value is -2.20. The van der Waals surface area contributed by atoms with Crippen LogP contribution in [0.2, 0.25) is 0 Å². The predicted octanol–water partition coefficient (Wildman–Crippen LogP) is 1.44. The van der Waals surface area contributed by atoms with Gasteiger partial charge >= 0.3 is 12.1 Å². The van der Waals surface area contributed by atoms with Gasteiger partial charge in [-0.25, -0.2) is 4.79 Å². The van der Waals surface area contributed by atoms with E-state index in [0.29, 0.717) is 6.04 Å². The molecule has 2 saturated heterocycles. The molecule has 3 rings (SSSR count). The van der Waals surface area contributed by atoms with E-state index < -0.39 is 12.1 Å². The number of carboxylic acid groups (broad SMARTS) is 1. The van der Waals surface area contributed by atoms with Gasteiger partial charge in [-0.05, 0) is 24.5 Å². The smallest absolute Gasteiger partial charge is 0.475 e. The monoisotopic (exact) mass is 389 g/mol. The van der Waals surface area contributed by atoms with Gasteiger partial charge in [0.1, 0.15) is 0 Å². The van der Waals surface area contributed by atoms with Gasteiger partial charge in [0, 0.05) is 45.2 Å². The van der Waals surface area contributed by atoms with Crippen molar-refractivity contribution in [2.75, 3.05) is 20.2 Å². The fourth-order valence-electron chi connectivity index (χ4n) is 3.36. The Balaban J connectivity index is 0.000000321. The Labute approximate surface area is 154 Å². The van der Waals surface area contributed by atoms with Gasteiger partial charge in [-0.15, -0.1) is 0 Å². The van der Waals surface area contributed by atoms with Crippen molar-refractivity contribution >= 4 is 11.9 Å². The first kappa shape index (κ1) is 21.1. The summed E-state index contributed by atoms with van der Waals surface area (Å²) in [5.74, 6) is -2.61. The molecule has 2 aliphatic rings. The maximum atomic E-state index is 11.9. The second kappa shape index (κ2) is 9.14. The van der Waals surface area contributed by atoms with Gasteiger partial charge in [-0.3, -0.25) is 14.7 Å². The van der Waals surface area contributed by atoms with Crippen molar-refractivity contribution in [1.29, 1.82) is 0 Å². The third-order valence-electron chi connectivity index (χ3n) is 4.58. The van der Waals surface area contributed by atoms with Crippen LogP contribution in [-0.2, 0) is 20.9 Å². The van der Waals surface area contributed by atoms with E-state index in [2.05, 4.69) is 21.3 Å². The number of hydrogen-bond donors (Lipinski definition) is 2. The summed E-state index contributed by atoms with van der Waals surface area (Å²) in [4.78, 5) is 27.4. The van der Waals surface area contributed by atoms with Crippen molar-refractivity contribution in [3.8, 4) is 0 Å². The number of halogens is 3. The minimum Gasteiger partial charge on any atom is -0.475 e. The Morgan fingerprint density at radius 2 is 2.15 bits per heavy atom. The average molecular weight is 389 g/mol. The lowest BCUT2D eigenvalue weighted by molar-refractivity contribution is -0.192. The molecular weight excluding hydrogens is 367 g/mol. The van der Waals surface area contributed by atoms with Crippen molar-refractivity contribution in [2.24, 2.45) is 5.92 Å². The molecule has 2 fully saturated rings. The van der Waals surface area contributed by atoms with Gasteiger partial charge in [0.2, 0.25) is 5.91 Å². The summed E-state index contributed by atoms with van der Waals surface area (Å²) in [5.41, 5.74) is 1.19. The van der Waals surface area contributed by atoms with Crippen molar-refractivity contribution in [2.45, 2.75) is 37.7 Å². The minimum absolute atomic E-state index is 0.0241. The number of aliphatic carboxylic acids is 1. The summed E-state index contributed by atoms with van der Waals surface area (Å²) in [6, 6.07) is 4.48. The molecule has 0 bridgehead atoms. The molecule has 1 aromatic rings. The first-order chi connectivity index (χ1) is 12.7. The van der Waals surface area contributed by atoms with Gasteiger partial charge in [-0.1, -0.05) is 6.07 Å². The predicted molar refractivity (Wildman–Crippen MR) is 88.7 cm³/mol. The molecule has 3 heterocycles. The number of nitrogens with one attached hydrogen (secondary N) is 1. The molecule has 1 aromatic heterocycles. The number of hydrogen-bond acceptors (Lipinski definition) is 5. The summed E-state index contributed by atoms with van der Waals surface area (Å²) in [6.07, 6.45) is 0.699. The molecule has 0 radical (unpaired) electrons. The SMILES string of the molecule is CNC(=O)[C@H]1C[C@H]2OCC[C@H]2N(Cc2cccnc2)C1.O=C(O)C(F)(F)F. The van der Waals surface area contributed by atoms with E-state index in [1.165, 1.54) is 5.56 Å². The van der Waals surface area contributed by atoms with Crippen LogP contribution in [0.1, 0.15) is 18.4 Å². The third kappa shape index (κ3) is 5.90. The standard InChI is InChI=1S/C15H21N3O2.C2HF3O2/c1-16-15(19)12-7-14-13(4-6-20-14)18(10-12)9-11-3-2-5-17-8-11;3-2(4,5)1(6)7/h2-3,5,8,12-14H,4,6-7,9-10H2,1H3,(H,16,19);(H,6,7)/t12-,13+,14+;/m0./s1. The number of aromatic nitrogens is 1. The summed E-state index contributed by atoms with van der Waals surface area (Å²) in [5, 5.41) is 9.89. The summed E-state index contributed by atoms with van der Waals surface area (Å²) in [7, 11) is 1.70. The maximum absolute atomic E-state index is 11.9. The molecule has 150 valence electrons. The Bertz CT molecular complexity index is 642. The van der Waals surface area contributed by atoms with E-state index in [0.717, 1.165) is 32.5 Å². The Morgan fingerprint density at radius 1 is 1.44 bits per heavy atom. The summed E-state index contributed by atoms with van der Waals surface area (Å²) >= 11 is 0. The highest BCUT2D eigenvalue weighted by Crippen LogP contribution is 2.32. The number of carbonyl (C=O) groups excluding carboxylic acids is 1. The largest absolute Gasteiger partial charge is 0.490 e. The van der Waals surface area contributed by atoms with E-state index in [4.69, 9.17) is 14.6 Å². The lowest BCUT2D eigenvalue weighted by atomic mass is 9.89. The molecule has 0 aliphatic carbocycles. The van der Waals surface area contributed by atoms with E-state index in [1.54, 1.807) is 13.2 Å². The molecule has 10 heteroatoms. The Morgan fingerprint density at radius 3 is 2.70 bits per heavy atom. The molecule has 7 nitrogen and oxygen atoms in total. The molecule has 2 aliphatic heterocycles. The molecule has 0 spiro atoms. The van der Waals surface area contributed by atoms with E-state index in [9.17, 15) is 18.0 Å². The highest BCUT2D eigenvalue weighted by atomic mass is 19.4. The van der Waals surface area contributed by atoms with Crippen LogP contribution in [0.15, 0.2) is 24.5 Å². The fourth-order valence-corrected chi connectivity index (χ4v) is 3.36. The zero-order chi connectivity index (χ0) is 20.0. The number of fused-ring (bicyclic) bond motifs is 1. The number of carboxylic acids is 1. The van der Waals surface area contributed by atoms with Crippen molar-refractivity contribution in [1.82, 2.24) is 15.2 Å². The van der Waals surface area contributed by atoms with E-state index in [1.807, 2.05) is 12.3 Å². The van der Waals surface area contributed by atoms with Crippen LogP contribution >= 0.6 is 0 Å². The average Bonchev–Trinajstić information content (AvgIpc) is 3.10. The van der Waals surface area contributed by atoms with Crippen LogP contribution in [0.4, 0.5) is 13.2 Å². The number of amides is 1.